The van der Waals surface area contributed by atoms with E-state index >= 15 is 0 Å². The average Bonchev–Trinajstić information content (AvgIpc) is 2.61. The van der Waals surface area contributed by atoms with Gasteiger partial charge < -0.3 is 10.1 Å². The van der Waals surface area contributed by atoms with Crippen LogP contribution in [-0.4, -0.2) is 35.2 Å². The van der Waals surface area contributed by atoms with Crippen LogP contribution in [0.4, 0.5) is 4.39 Å². The van der Waals surface area contributed by atoms with Crippen molar-refractivity contribution in [3.05, 3.63) is 57.8 Å². The number of halogens is 1. The number of aromatic nitrogens is 2. The molecular weight excluding hydrogens is 345 g/mol. The van der Waals surface area contributed by atoms with Crippen LogP contribution in [0.3, 0.4) is 0 Å². The standard InChI is InChI=1S/C17H18FN3O3S/c1-24-8-7-21-16(22)5-3-14(20-21)17(23)19-13-6-9-25-15-4-2-11(18)10-12(13)15/h2-5,10,13H,6-9H2,1H3,(H,19,23). The Bertz CT molecular complexity index is 840. The molecule has 1 aliphatic rings. The van der Waals surface area contributed by atoms with E-state index in [4.69, 9.17) is 4.74 Å². The first-order valence-electron chi connectivity index (χ1n) is 7.88. The lowest BCUT2D eigenvalue weighted by Crippen LogP contribution is -2.33. The summed E-state index contributed by atoms with van der Waals surface area (Å²) in [5.41, 5.74) is 0.624. The Balaban J connectivity index is 1.79. The highest BCUT2D eigenvalue weighted by molar-refractivity contribution is 7.99. The minimum Gasteiger partial charge on any atom is -0.383 e. The number of amides is 1. The fourth-order valence-electron chi connectivity index (χ4n) is 2.66. The van der Waals surface area contributed by atoms with Gasteiger partial charge in [-0.25, -0.2) is 9.07 Å². The summed E-state index contributed by atoms with van der Waals surface area (Å²) in [6.45, 7) is 0.592. The molecule has 1 amide bonds. The molecule has 0 aliphatic carbocycles. The highest BCUT2D eigenvalue weighted by Crippen LogP contribution is 2.36. The van der Waals surface area contributed by atoms with Gasteiger partial charge in [0.15, 0.2) is 0 Å². The lowest BCUT2D eigenvalue weighted by molar-refractivity contribution is 0.0926. The maximum absolute atomic E-state index is 13.6. The second kappa shape index (κ2) is 7.79. The fraction of sp³-hybridized carbons (Fsp3) is 0.353. The van der Waals surface area contributed by atoms with E-state index in [9.17, 15) is 14.0 Å². The van der Waals surface area contributed by atoms with Crippen LogP contribution in [0.15, 0.2) is 40.0 Å². The van der Waals surface area contributed by atoms with E-state index in [-0.39, 0.29) is 29.7 Å². The third-order valence-electron chi connectivity index (χ3n) is 3.92. The molecule has 0 bridgehead atoms. The normalized spacial score (nSPS) is 16.3. The van der Waals surface area contributed by atoms with Crippen molar-refractivity contribution >= 4 is 17.7 Å². The fourth-order valence-corrected chi connectivity index (χ4v) is 3.76. The molecule has 1 aromatic carbocycles. The number of benzene rings is 1. The Hall–Kier alpha value is -2.19. The van der Waals surface area contributed by atoms with Gasteiger partial charge in [0.1, 0.15) is 11.5 Å². The topological polar surface area (TPSA) is 73.2 Å². The molecule has 0 fully saturated rings. The first kappa shape index (κ1) is 17.6. The van der Waals surface area contributed by atoms with Crippen molar-refractivity contribution in [2.75, 3.05) is 19.5 Å². The van der Waals surface area contributed by atoms with E-state index in [1.165, 1.54) is 36.1 Å². The maximum Gasteiger partial charge on any atom is 0.272 e. The molecule has 25 heavy (non-hydrogen) atoms. The molecular formula is C17H18FN3O3S. The van der Waals surface area contributed by atoms with E-state index in [1.807, 2.05) is 0 Å². The lowest BCUT2D eigenvalue weighted by Gasteiger charge is -2.25. The summed E-state index contributed by atoms with van der Waals surface area (Å²) in [6.07, 6.45) is 0.705. The van der Waals surface area contributed by atoms with Gasteiger partial charge in [0.2, 0.25) is 0 Å². The van der Waals surface area contributed by atoms with Gasteiger partial charge in [0, 0.05) is 23.8 Å². The minimum absolute atomic E-state index is 0.145. The van der Waals surface area contributed by atoms with Crippen LogP contribution in [0.5, 0.6) is 0 Å². The van der Waals surface area contributed by atoms with Gasteiger partial charge in [-0.05, 0) is 36.2 Å². The first-order valence-corrected chi connectivity index (χ1v) is 8.87. The summed E-state index contributed by atoms with van der Waals surface area (Å²) in [6, 6.07) is 7.03. The number of ether oxygens (including phenoxy) is 1. The number of rotatable bonds is 5. The Kier molecular flexibility index (Phi) is 5.50. The quantitative estimate of drug-likeness (QED) is 0.880. The van der Waals surface area contributed by atoms with E-state index in [1.54, 1.807) is 17.8 Å². The summed E-state index contributed by atoms with van der Waals surface area (Å²) in [5.74, 6) is 0.120. The summed E-state index contributed by atoms with van der Waals surface area (Å²) in [7, 11) is 1.53. The number of hydrogen-bond acceptors (Lipinski definition) is 5. The Labute approximate surface area is 148 Å². The van der Waals surface area contributed by atoms with E-state index in [2.05, 4.69) is 10.4 Å². The predicted octanol–water partition coefficient (Wildman–Crippen LogP) is 2.00. The van der Waals surface area contributed by atoms with Gasteiger partial charge in [-0.2, -0.15) is 5.10 Å². The zero-order valence-electron chi connectivity index (χ0n) is 13.7. The van der Waals surface area contributed by atoms with Crippen LogP contribution in [-0.2, 0) is 11.3 Å². The molecule has 1 atom stereocenters. The smallest absolute Gasteiger partial charge is 0.272 e. The second-order valence-electron chi connectivity index (χ2n) is 5.62. The number of nitrogens with zero attached hydrogens (tertiary/aromatic N) is 2. The maximum atomic E-state index is 13.6. The molecule has 0 saturated heterocycles. The second-order valence-corrected chi connectivity index (χ2v) is 6.75. The molecule has 8 heteroatoms. The highest BCUT2D eigenvalue weighted by Gasteiger charge is 2.24. The molecule has 2 aromatic rings. The van der Waals surface area contributed by atoms with Gasteiger partial charge >= 0.3 is 0 Å². The van der Waals surface area contributed by atoms with Crippen LogP contribution in [0, 0.1) is 5.82 Å². The number of nitrogens with one attached hydrogen (secondary N) is 1. The average molecular weight is 363 g/mol. The van der Waals surface area contributed by atoms with Crippen LogP contribution < -0.4 is 10.9 Å². The first-order chi connectivity index (χ1) is 12.1. The monoisotopic (exact) mass is 363 g/mol. The molecule has 6 nitrogen and oxygen atoms in total. The number of carbonyl (C=O) groups is 1. The molecule has 1 aromatic heterocycles. The molecule has 2 heterocycles. The number of carbonyl (C=O) groups excluding carboxylic acids is 1. The SMILES string of the molecule is COCCn1nc(C(=O)NC2CCSc3ccc(F)cc32)ccc1=O. The molecule has 1 unspecified atom stereocenters. The molecule has 0 spiro atoms. The van der Waals surface area contributed by atoms with Crippen molar-refractivity contribution in [3.8, 4) is 0 Å². The van der Waals surface area contributed by atoms with E-state index in [0.717, 1.165) is 16.2 Å². The van der Waals surface area contributed by atoms with Crippen LogP contribution in [0.1, 0.15) is 28.5 Å². The summed E-state index contributed by atoms with van der Waals surface area (Å²) in [4.78, 5) is 25.3. The van der Waals surface area contributed by atoms with Gasteiger partial charge in [0.25, 0.3) is 11.5 Å². The van der Waals surface area contributed by atoms with Gasteiger partial charge in [-0.1, -0.05) is 0 Å². The van der Waals surface area contributed by atoms with E-state index < -0.39 is 5.91 Å². The summed E-state index contributed by atoms with van der Waals surface area (Å²) in [5, 5.41) is 6.97. The Morgan fingerprint density at radius 2 is 2.28 bits per heavy atom. The van der Waals surface area contributed by atoms with Crippen molar-refractivity contribution < 1.29 is 13.9 Å². The zero-order valence-corrected chi connectivity index (χ0v) is 14.5. The number of hydrogen-bond donors (Lipinski definition) is 1. The minimum atomic E-state index is -0.390. The summed E-state index contributed by atoms with van der Waals surface area (Å²) < 4.78 is 19.7. The molecule has 1 N–H and O–H groups in total. The van der Waals surface area contributed by atoms with Crippen molar-refractivity contribution in [3.63, 3.8) is 0 Å². The van der Waals surface area contributed by atoms with E-state index in [0.29, 0.717) is 13.0 Å². The number of thioether (sulfide) groups is 1. The molecule has 0 radical (unpaired) electrons. The van der Waals surface area contributed by atoms with Gasteiger partial charge in [-0.15, -0.1) is 11.8 Å². The Morgan fingerprint density at radius 1 is 1.44 bits per heavy atom. The Morgan fingerprint density at radius 3 is 3.08 bits per heavy atom. The molecule has 1 aliphatic heterocycles. The number of methoxy groups -OCH3 is 1. The zero-order chi connectivity index (χ0) is 17.8. The predicted molar refractivity (Wildman–Crippen MR) is 92.3 cm³/mol. The van der Waals surface area contributed by atoms with Crippen molar-refractivity contribution in [2.24, 2.45) is 0 Å². The lowest BCUT2D eigenvalue weighted by atomic mass is 10.0. The largest absolute Gasteiger partial charge is 0.383 e. The third-order valence-corrected chi connectivity index (χ3v) is 5.05. The third kappa shape index (κ3) is 4.08. The number of fused-ring (bicyclic) bond motifs is 1. The highest BCUT2D eigenvalue weighted by atomic mass is 32.2. The molecule has 3 rings (SSSR count). The van der Waals surface area contributed by atoms with Crippen molar-refractivity contribution in [1.29, 1.82) is 0 Å². The molecule has 132 valence electrons. The van der Waals surface area contributed by atoms with Crippen LogP contribution >= 0.6 is 11.8 Å². The van der Waals surface area contributed by atoms with Gasteiger partial charge in [0.05, 0.1) is 19.2 Å². The van der Waals surface area contributed by atoms with Gasteiger partial charge in [-0.3, -0.25) is 9.59 Å². The van der Waals surface area contributed by atoms with Crippen molar-refractivity contribution in [2.45, 2.75) is 23.9 Å². The summed E-state index contributed by atoms with van der Waals surface area (Å²) >= 11 is 1.64. The van der Waals surface area contributed by atoms with Crippen molar-refractivity contribution in [1.82, 2.24) is 15.1 Å². The van der Waals surface area contributed by atoms with Crippen LogP contribution in [0.25, 0.3) is 0 Å². The molecule has 0 saturated carbocycles. The van der Waals surface area contributed by atoms with Crippen LogP contribution in [0.2, 0.25) is 0 Å².